The van der Waals surface area contributed by atoms with Crippen LogP contribution in [0.4, 0.5) is 17.6 Å². The van der Waals surface area contributed by atoms with Gasteiger partial charge < -0.3 is 9.68 Å². The molecule has 1 aromatic rings. The Kier molecular flexibility index (Phi) is 2.77. The summed E-state index contributed by atoms with van der Waals surface area (Å²) in [6.07, 6.45) is 0. The van der Waals surface area contributed by atoms with Crippen LogP contribution in [0.5, 0.6) is 5.75 Å². The highest BCUT2D eigenvalue weighted by Crippen LogP contribution is 2.23. The predicted octanol–water partition coefficient (Wildman–Crippen LogP) is 0.881. The second kappa shape index (κ2) is 3.65. The smallest absolute Gasteiger partial charge is 0.504 e. The fraction of sp³-hybridized carbons (Fsp3) is 0. The van der Waals surface area contributed by atoms with Gasteiger partial charge in [-0.2, -0.15) is 4.39 Å². The van der Waals surface area contributed by atoms with E-state index in [0.29, 0.717) is 6.07 Å². The van der Waals surface area contributed by atoms with E-state index >= 15 is 0 Å². The summed E-state index contributed by atoms with van der Waals surface area (Å²) >= 11 is 0. The first-order chi connectivity index (χ1) is 6.07. The van der Waals surface area contributed by atoms with Gasteiger partial charge in [0, 0.05) is 6.07 Å². The molecule has 70 valence electrons. The maximum Gasteiger partial charge on any atom is 0.504 e. The molecule has 0 bridgehead atoms. The molecule has 0 atom stereocenters. The number of hydrogen-bond acceptors (Lipinski definition) is 2. The third-order valence-electron chi connectivity index (χ3n) is 1.29. The highest BCUT2D eigenvalue weighted by Gasteiger charge is 2.19. The SMILES string of the molecule is OBOc1cc(F)c(F)c(F)c1F. The molecule has 0 aliphatic carbocycles. The van der Waals surface area contributed by atoms with Gasteiger partial charge in [0.25, 0.3) is 0 Å². The predicted molar refractivity (Wildman–Crippen MR) is 36.3 cm³/mol. The third kappa shape index (κ3) is 1.75. The molecule has 0 unspecified atom stereocenters. The normalized spacial score (nSPS) is 9.92. The Morgan fingerprint density at radius 3 is 2.23 bits per heavy atom. The lowest BCUT2D eigenvalue weighted by atomic mass is 10.2. The number of benzene rings is 1. The molecule has 0 aromatic heterocycles. The van der Waals surface area contributed by atoms with E-state index in [1.54, 1.807) is 0 Å². The van der Waals surface area contributed by atoms with Crippen molar-refractivity contribution in [1.29, 1.82) is 0 Å². The van der Waals surface area contributed by atoms with Crippen molar-refractivity contribution in [2.75, 3.05) is 0 Å². The maximum atomic E-state index is 12.6. The largest absolute Gasteiger partial charge is 0.537 e. The molecule has 0 saturated heterocycles. The van der Waals surface area contributed by atoms with Gasteiger partial charge in [0.05, 0.1) is 0 Å². The lowest BCUT2D eigenvalue weighted by molar-refractivity contribution is 0.375. The van der Waals surface area contributed by atoms with Crippen molar-refractivity contribution in [3.8, 4) is 5.75 Å². The second-order valence-electron chi connectivity index (χ2n) is 2.07. The molecule has 1 rings (SSSR count). The molecule has 0 fully saturated rings. The fourth-order valence-corrected chi connectivity index (χ4v) is 0.726. The van der Waals surface area contributed by atoms with E-state index in [2.05, 4.69) is 4.65 Å². The van der Waals surface area contributed by atoms with Gasteiger partial charge in [-0.1, -0.05) is 0 Å². The van der Waals surface area contributed by atoms with Gasteiger partial charge in [-0.3, -0.25) is 0 Å². The first-order valence-electron chi connectivity index (χ1n) is 3.14. The van der Waals surface area contributed by atoms with E-state index in [-0.39, 0.29) is 0 Å². The minimum Gasteiger partial charge on any atom is -0.537 e. The molecule has 0 heterocycles. The highest BCUT2D eigenvalue weighted by molar-refractivity contribution is 6.17. The summed E-state index contributed by atoms with van der Waals surface area (Å²) in [5.74, 6) is -8.01. The van der Waals surface area contributed by atoms with Crippen molar-refractivity contribution >= 4 is 7.69 Å². The summed E-state index contributed by atoms with van der Waals surface area (Å²) in [4.78, 5) is 0. The molecular weight excluding hydrogens is 191 g/mol. The van der Waals surface area contributed by atoms with Crippen LogP contribution in [0.25, 0.3) is 0 Å². The monoisotopic (exact) mass is 194 g/mol. The van der Waals surface area contributed by atoms with E-state index in [1.165, 1.54) is 0 Å². The summed E-state index contributed by atoms with van der Waals surface area (Å²) in [5.41, 5.74) is 0. The molecule has 0 radical (unpaired) electrons. The average molecular weight is 194 g/mol. The van der Waals surface area contributed by atoms with Crippen LogP contribution in [-0.4, -0.2) is 12.7 Å². The minimum absolute atomic E-state index is 0.309. The van der Waals surface area contributed by atoms with Crippen LogP contribution in [0.1, 0.15) is 0 Å². The van der Waals surface area contributed by atoms with Gasteiger partial charge >= 0.3 is 7.69 Å². The summed E-state index contributed by atoms with van der Waals surface area (Å²) in [7, 11) is -0.957. The van der Waals surface area contributed by atoms with E-state index < -0.39 is 36.7 Å². The average Bonchev–Trinajstić information content (AvgIpc) is 2.11. The first kappa shape index (κ1) is 9.85. The van der Waals surface area contributed by atoms with Gasteiger partial charge in [0.2, 0.25) is 11.6 Å². The Hall–Kier alpha value is -1.24. The van der Waals surface area contributed by atoms with Crippen molar-refractivity contribution < 1.29 is 27.2 Å². The van der Waals surface area contributed by atoms with Crippen LogP contribution >= 0.6 is 0 Å². The van der Waals surface area contributed by atoms with Crippen LogP contribution in [0.3, 0.4) is 0 Å². The summed E-state index contributed by atoms with van der Waals surface area (Å²) in [5, 5.41) is 8.17. The van der Waals surface area contributed by atoms with E-state index in [0.717, 1.165) is 0 Å². The summed E-state index contributed by atoms with van der Waals surface area (Å²) < 4.78 is 53.8. The molecule has 13 heavy (non-hydrogen) atoms. The van der Waals surface area contributed by atoms with Crippen molar-refractivity contribution in [2.45, 2.75) is 0 Å². The first-order valence-corrected chi connectivity index (χ1v) is 3.14. The second-order valence-corrected chi connectivity index (χ2v) is 2.07. The van der Waals surface area contributed by atoms with Crippen LogP contribution in [0, 0.1) is 23.3 Å². The van der Waals surface area contributed by atoms with Gasteiger partial charge in [0.15, 0.2) is 11.6 Å². The van der Waals surface area contributed by atoms with Crippen molar-refractivity contribution in [1.82, 2.24) is 0 Å². The van der Waals surface area contributed by atoms with Gasteiger partial charge in [-0.25, -0.2) is 13.2 Å². The minimum atomic E-state index is -1.97. The lowest BCUT2D eigenvalue weighted by Gasteiger charge is -2.04. The van der Waals surface area contributed by atoms with Gasteiger partial charge in [0.1, 0.15) is 5.75 Å². The van der Waals surface area contributed by atoms with Crippen molar-refractivity contribution in [2.24, 2.45) is 0 Å². The Balaban J connectivity index is 3.24. The highest BCUT2D eigenvalue weighted by atomic mass is 19.2. The zero-order chi connectivity index (χ0) is 10.0. The number of halogens is 4. The Morgan fingerprint density at radius 1 is 1.08 bits per heavy atom. The zero-order valence-corrected chi connectivity index (χ0v) is 6.15. The van der Waals surface area contributed by atoms with E-state index in [9.17, 15) is 17.6 Å². The van der Waals surface area contributed by atoms with Gasteiger partial charge in [-0.15, -0.1) is 0 Å². The lowest BCUT2D eigenvalue weighted by Crippen LogP contribution is -2.05. The molecule has 0 aliphatic heterocycles. The Labute approximate surface area is 71.1 Å². The molecule has 0 amide bonds. The van der Waals surface area contributed by atoms with Gasteiger partial charge in [-0.05, 0) is 0 Å². The molecule has 2 nitrogen and oxygen atoms in total. The van der Waals surface area contributed by atoms with E-state index in [4.69, 9.17) is 5.02 Å². The van der Waals surface area contributed by atoms with Crippen LogP contribution in [0.2, 0.25) is 0 Å². The molecule has 1 aromatic carbocycles. The van der Waals surface area contributed by atoms with Crippen molar-refractivity contribution in [3.05, 3.63) is 29.3 Å². The number of rotatable bonds is 2. The molecular formula is C6H3BF4O2. The maximum absolute atomic E-state index is 12.6. The topological polar surface area (TPSA) is 29.5 Å². The fourth-order valence-electron chi connectivity index (χ4n) is 0.726. The summed E-state index contributed by atoms with van der Waals surface area (Å²) in [6, 6.07) is 0.309. The van der Waals surface area contributed by atoms with Crippen LogP contribution in [-0.2, 0) is 0 Å². The van der Waals surface area contributed by atoms with E-state index in [1.807, 2.05) is 0 Å². The standard InChI is InChI=1S/C6H3BF4O2/c8-2-1-3(13-7-12)5(10)6(11)4(2)9/h1,7,12H. The zero-order valence-electron chi connectivity index (χ0n) is 6.15. The molecule has 0 spiro atoms. The molecule has 1 N–H and O–H groups in total. The Bertz CT molecular complexity index is 331. The summed E-state index contributed by atoms with van der Waals surface area (Å²) in [6.45, 7) is 0. The van der Waals surface area contributed by atoms with Crippen LogP contribution < -0.4 is 4.65 Å². The third-order valence-corrected chi connectivity index (χ3v) is 1.29. The quantitative estimate of drug-likeness (QED) is 0.327. The molecule has 7 heteroatoms. The molecule has 0 saturated carbocycles. The Morgan fingerprint density at radius 2 is 1.69 bits per heavy atom. The molecule has 0 aliphatic rings. The van der Waals surface area contributed by atoms with Crippen molar-refractivity contribution in [3.63, 3.8) is 0 Å². The van der Waals surface area contributed by atoms with Crippen LogP contribution in [0.15, 0.2) is 6.07 Å². The number of hydrogen-bond donors (Lipinski definition) is 1.